The molecule has 0 aromatic heterocycles. The van der Waals surface area contributed by atoms with Crippen LogP contribution in [-0.2, 0) is 0 Å². The fraction of sp³-hybridized carbons (Fsp3) is 0.600. The summed E-state index contributed by atoms with van der Waals surface area (Å²) in [4.78, 5) is 0. The van der Waals surface area contributed by atoms with Gasteiger partial charge in [-0.15, -0.1) is 0 Å². The lowest BCUT2D eigenvalue weighted by Gasteiger charge is -2.15. The van der Waals surface area contributed by atoms with Gasteiger partial charge in [0, 0.05) is 12.5 Å². The van der Waals surface area contributed by atoms with Crippen LogP contribution in [0.25, 0.3) is 0 Å². The summed E-state index contributed by atoms with van der Waals surface area (Å²) in [6.45, 7) is 11.6. The molecule has 1 aromatic rings. The third-order valence-corrected chi connectivity index (χ3v) is 2.60. The zero-order valence-corrected chi connectivity index (χ0v) is 11.5. The van der Waals surface area contributed by atoms with Gasteiger partial charge >= 0.3 is 0 Å². The van der Waals surface area contributed by atoms with Gasteiger partial charge in [-0.05, 0) is 31.5 Å². The summed E-state index contributed by atoms with van der Waals surface area (Å²) < 4.78 is 5.74. The molecule has 0 fully saturated rings. The van der Waals surface area contributed by atoms with E-state index in [0.29, 0.717) is 11.8 Å². The van der Waals surface area contributed by atoms with Crippen molar-refractivity contribution in [3.8, 4) is 5.75 Å². The van der Waals surface area contributed by atoms with Gasteiger partial charge in [-0.1, -0.05) is 38.5 Å². The summed E-state index contributed by atoms with van der Waals surface area (Å²) in [7, 11) is 0. The topological polar surface area (TPSA) is 21.3 Å². The minimum absolute atomic E-state index is 0.537. The second-order valence-electron chi connectivity index (χ2n) is 5.28. The summed E-state index contributed by atoms with van der Waals surface area (Å²) in [5.41, 5.74) is 1.27. The molecular formula is C15H25NO. The van der Waals surface area contributed by atoms with E-state index in [2.05, 4.69) is 45.1 Å². The van der Waals surface area contributed by atoms with Crippen molar-refractivity contribution in [1.29, 1.82) is 0 Å². The smallest absolute Gasteiger partial charge is 0.119 e. The van der Waals surface area contributed by atoms with E-state index in [0.717, 1.165) is 25.4 Å². The molecule has 0 aliphatic heterocycles. The van der Waals surface area contributed by atoms with Crippen LogP contribution in [0.1, 0.15) is 26.3 Å². The van der Waals surface area contributed by atoms with Gasteiger partial charge in [-0.25, -0.2) is 0 Å². The molecule has 0 spiro atoms. The molecule has 0 radical (unpaired) electrons. The Morgan fingerprint density at radius 1 is 1.06 bits per heavy atom. The molecule has 96 valence electrons. The SMILES string of the molecule is Cc1ccc(OCC(C)CNCC(C)C)cc1. The number of aryl methyl sites for hydroxylation is 1. The van der Waals surface area contributed by atoms with Crippen LogP contribution in [-0.4, -0.2) is 19.7 Å². The van der Waals surface area contributed by atoms with Crippen LogP contribution < -0.4 is 10.1 Å². The molecule has 2 heteroatoms. The number of benzene rings is 1. The quantitative estimate of drug-likeness (QED) is 0.783. The average Bonchev–Trinajstić information content (AvgIpc) is 2.28. The predicted molar refractivity (Wildman–Crippen MR) is 73.5 cm³/mol. The van der Waals surface area contributed by atoms with E-state index >= 15 is 0 Å². The van der Waals surface area contributed by atoms with Gasteiger partial charge < -0.3 is 10.1 Å². The fourth-order valence-corrected chi connectivity index (χ4v) is 1.55. The summed E-state index contributed by atoms with van der Waals surface area (Å²) in [6.07, 6.45) is 0. The molecule has 2 nitrogen and oxygen atoms in total. The van der Waals surface area contributed by atoms with Crippen molar-refractivity contribution in [3.05, 3.63) is 29.8 Å². The molecule has 1 unspecified atom stereocenters. The largest absolute Gasteiger partial charge is 0.493 e. The number of rotatable bonds is 7. The molecule has 1 rings (SSSR count). The van der Waals surface area contributed by atoms with Gasteiger partial charge in [0.2, 0.25) is 0 Å². The molecule has 1 aromatic carbocycles. The zero-order valence-electron chi connectivity index (χ0n) is 11.5. The Bertz CT molecular complexity index is 305. The first kappa shape index (κ1) is 14.0. The van der Waals surface area contributed by atoms with Crippen molar-refractivity contribution >= 4 is 0 Å². The Hall–Kier alpha value is -1.02. The Morgan fingerprint density at radius 2 is 1.71 bits per heavy atom. The minimum atomic E-state index is 0.537. The monoisotopic (exact) mass is 235 g/mol. The van der Waals surface area contributed by atoms with E-state index < -0.39 is 0 Å². The lowest BCUT2D eigenvalue weighted by molar-refractivity contribution is 0.254. The Balaban J connectivity index is 2.19. The number of ether oxygens (including phenoxy) is 1. The summed E-state index contributed by atoms with van der Waals surface area (Å²) in [5, 5.41) is 3.45. The fourth-order valence-electron chi connectivity index (χ4n) is 1.55. The standard InChI is InChI=1S/C15H25NO/c1-12(2)9-16-10-14(4)11-17-15-7-5-13(3)6-8-15/h5-8,12,14,16H,9-11H2,1-4H3. The molecule has 1 N–H and O–H groups in total. The van der Waals surface area contributed by atoms with Crippen molar-refractivity contribution in [2.45, 2.75) is 27.7 Å². The molecule has 0 aliphatic rings. The Kier molecular flexibility index (Phi) is 6.06. The van der Waals surface area contributed by atoms with E-state index in [4.69, 9.17) is 4.74 Å². The van der Waals surface area contributed by atoms with Crippen LogP contribution in [0, 0.1) is 18.8 Å². The first-order chi connectivity index (χ1) is 8.08. The average molecular weight is 235 g/mol. The van der Waals surface area contributed by atoms with E-state index in [1.807, 2.05) is 12.1 Å². The van der Waals surface area contributed by atoms with Crippen LogP contribution in [0.4, 0.5) is 0 Å². The number of hydrogen-bond donors (Lipinski definition) is 1. The van der Waals surface area contributed by atoms with Crippen LogP contribution in [0.15, 0.2) is 24.3 Å². The van der Waals surface area contributed by atoms with E-state index in [1.54, 1.807) is 0 Å². The molecule has 0 amide bonds. The van der Waals surface area contributed by atoms with Crippen LogP contribution in [0.3, 0.4) is 0 Å². The van der Waals surface area contributed by atoms with Gasteiger partial charge in [-0.3, -0.25) is 0 Å². The van der Waals surface area contributed by atoms with E-state index in [9.17, 15) is 0 Å². The Morgan fingerprint density at radius 3 is 2.29 bits per heavy atom. The van der Waals surface area contributed by atoms with Crippen molar-refractivity contribution in [3.63, 3.8) is 0 Å². The highest BCUT2D eigenvalue weighted by Gasteiger charge is 2.03. The summed E-state index contributed by atoms with van der Waals surface area (Å²) >= 11 is 0. The highest BCUT2D eigenvalue weighted by atomic mass is 16.5. The molecule has 0 aliphatic carbocycles. The van der Waals surface area contributed by atoms with Gasteiger partial charge in [0.05, 0.1) is 6.61 Å². The molecular weight excluding hydrogens is 210 g/mol. The molecule has 1 atom stereocenters. The molecule has 0 saturated heterocycles. The van der Waals surface area contributed by atoms with Crippen molar-refractivity contribution < 1.29 is 4.74 Å². The molecule has 0 heterocycles. The predicted octanol–water partition coefficient (Wildman–Crippen LogP) is 3.26. The number of hydrogen-bond acceptors (Lipinski definition) is 2. The maximum Gasteiger partial charge on any atom is 0.119 e. The minimum Gasteiger partial charge on any atom is -0.493 e. The second kappa shape index (κ2) is 7.33. The van der Waals surface area contributed by atoms with Crippen molar-refractivity contribution in [2.24, 2.45) is 11.8 Å². The first-order valence-corrected chi connectivity index (χ1v) is 6.48. The summed E-state index contributed by atoms with van der Waals surface area (Å²) in [6, 6.07) is 8.22. The van der Waals surface area contributed by atoms with Crippen LogP contribution in [0.2, 0.25) is 0 Å². The molecule has 0 saturated carbocycles. The third kappa shape index (κ3) is 6.32. The highest BCUT2D eigenvalue weighted by molar-refractivity contribution is 5.26. The Labute approximate surface area is 105 Å². The number of nitrogens with one attached hydrogen (secondary N) is 1. The lowest BCUT2D eigenvalue weighted by atomic mass is 10.1. The van der Waals surface area contributed by atoms with Gasteiger partial charge in [-0.2, -0.15) is 0 Å². The molecule has 17 heavy (non-hydrogen) atoms. The highest BCUT2D eigenvalue weighted by Crippen LogP contribution is 2.12. The normalized spacial score (nSPS) is 12.8. The van der Waals surface area contributed by atoms with E-state index in [-0.39, 0.29) is 0 Å². The molecule has 0 bridgehead atoms. The lowest BCUT2D eigenvalue weighted by Crippen LogP contribution is -2.28. The third-order valence-electron chi connectivity index (χ3n) is 2.60. The maximum atomic E-state index is 5.74. The van der Waals surface area contributed by atoms with Gasteiger partial charge in [0.15, 0.2) is 0 Å². The van der Waals surface area contributed by atoms with Crippen LogP contribution in [0.5, 0.6) is 5.75 Å². The van der Waals surface area contributed by atoms with Crippen molar-refractivity contribution in [2.75, 3.05) is 19.7 Å². The zero-order chi connectivity index (χ0) is 12.7. The van der Waals surface area contributed by atoms with Crippen LogP contribution >= 0.6 is 0 Å². The van der Waals surface area contributed by atoms with Gasteiger partial charge in [0.25, 0.3) is 0 Å². The maximum absolute atomic E-state index is 5.74. The summed E-state index contributed by atoms with van der Waals surface area (Å²) in [5.74, 6) is 2.21. The van der Waals surface area contributed by atoms with Gasteiger partial charge in [0.1, 0.15) is 5.75 Å². The van der Waals surface area contributed by atoms with Crippen molar-refractivity contribution in [1.82, 2.24) is 5.32 Å². The van der Waals surface area contributed by atoms with E-state index in [1.165, 1.54) is 5.56 Å². The second-order valence-corrected chi connectivity index (χ2v) is 5.28. The first-order valence-electron chi connectivity index (χ1n) is 6.48.